The molecule has 1 aliphatic rings. The van der Waals surface area contributed by atoms with Crippen LogP contribution in [0.4, 0.5) is 0 Å². The molecule has 0 aromatic carbocycles. The first kappa shape index (κ1) is 16.0. The number of hydrogen-bond acceptors (Lipinski definition) is 2. The van der Waals surface area contributed by atoms with Gasteiger partial charge in [-0.25, -0.2) is 0 Å². The van der Waals surface area contributed by atoms with Crippen LogP contribution in [0.25, 0.3) is 0 Å². The van der Waals surface area contributed by atoms with Gasteiger partial charge in [0.2, 0.25) is 0 Å². The highest BCUT2D eigenvalue weighted by Gasteiger charge is 2.31. The van der Waals surface area contributed by atoms with Gasteiger partial charge in [0.25, 0.3) is 0 Å². The van der Waals surface area contributed by atoms with E-state index in [0.29, 0.717) is 10.8 Å². The molecule has 2 heteroatoms. The van der Waals surface area contributed by atoms with E-state index in [1.165, 1.54) is 45.3 Å². The van der Waals surface area contributed by atoms with Gasteiger partial charge in [-0.15, -0.1) is 0 Å². The predicted molar refractivity (Wildman–Crippen MR) is 80.7 cm³/mol. The van der Waals surface area contributed by atoms with Crippen LogP contribution in [0.2, 0.25) is 0 Å². The molecule has 2 N–H and O–H groups in total. The molecular formula is C16H34N2. The minimum absolute atomic E-state index is 0.323. The Hall–Kier alpha value is -0.0800. The van der Waals surface area contributed by atoms with Crippen LogP contribution in [0.1, 0.15) is 60.3 Å². The molecule has 18 heavy (non-hydrogen) atoms. The van der Waals surface area contributed by atoms with Gasteiger partial charge in [0, 0.05) is 6.54 Å². The lowest BCUT2D eigenvalue weighted by molar-refractivity contribution is 0.0786. The molecule has 0 aromatic rings. The summed E-state index contributed by atoms with van der Waals surface area (Å²) in [5.74, 6) is 0.893. The van der Waals surface area contributed by atoms with Crippen molar-refractivity contribution < 1.29 is 0 Å². The minimum Gasteiger partial charge on any atom is -0.330 e. The molecule has 1 unspecified atom stereocenters. The van der Waals surface area contributed by atoms with E-state index in [2.05, 4.69) is 39.5 Å². The van der Waals surface area contributed by atoms with Crippen molar-refractivity contribution in [3.05, 3.63) is 0 Å². The topological polar surface area (TPSA) is 29.3 Å². The van der Waals surface area contributed by atoms with Crippen LogP contribution in [0.15, 0.2) is 0 Å². The lowest BCUT2D eigenvalue weighted by atomic mass is 9.75. The quantitative estimate of drug-likeness (QED) is 0.813. The number of rotatable bonds is 5. The molecule has 0 saturated carbocycles. The largest absolute Gasteiger partial charge is 0.330 e. The molecule has 1 aliphatic heterocycles. The Balaban J connectivity index is 2.44. The highest BCUT2D eigenvalue weighted by Crippen LogP contribution is 2.35. The van der Waals surface area contributed by atoms with Crippen molar-refractivity contribution in [2.24, 2.45) is 22.5 Å². The van der Waals surface area contributed by atoms with Gasteiger partial charge in [-0.3, -0.25) is 0 Å². The second kappa shape index (κ2) is 6.38. The smallest absolute Gasteiger partial charge is 0.00474 e. The van der Waals surface area contributed by atoms with E-state index in [4.69, 9.17) is 5.73 Å². The average molecular weight is 254 g/mol. The van der Waals surface area contributed by atoms with Crippen molar-refractivity contribution in [1.29, 1.82) is 0 Å². The summed E-state index contributed by atoms with van der Waals surface area (Å²) in [7, 11) is 0. The van der Waals surface area contributed by atoms with Crippen molar-refractivity contribution in [3.8, 4) is 0 Å². The van der Waals surface area contributed by atoms with E-state index < -0.39 is 0 Å². The Morgan fingerprint density at radius 1 is 1.11 bits per heavy atom. The van der Waals surface area contributed by atoms with E-state index in [0.717, 1.165) is 12.5 Å². The maximum Gasteiger partial charge on any atom is 0.00474 e. The highest BCUT2D eigenvalue weighted by molar-refractivity contribution is 4.85. The lowest BCUT2D eigenvalue weighted by Crippen LogP contribution is -2.45. The summed E-state index contributed by atoms with van der Waals surface area (Å²) in [6.07, 6.45) is 5.21. The van der Waals surface area contributed by atoms with Crippen LogP contribution in [-0.2, 0) is 0 Å². The molecule has 1 saturated heterocycles. The molecule has 1 rings (SSSR count). The van der Waals surface area contributed by atoms with Crippen LogP contribution in [-0.4, -0.2) is 31.1 Å². The molecule has 108 valence electrons. The van der Waals surface area contributed by atoms with Gasteiger partial charge in [0.1, 0.15) is 0 Å². The van der Waals surface area contributed by atoms with Crippen molar-refractivity contribution >= 4 is 0 Å². The van der Waals surface area contributed by atoms with Gasteiger partial charge >= 0.3 is 0 Å². The van der Waals surface area contributed by atoms with Crippen molar-refractivity contribution in [2.75, 3.05) is 26.2 Å². The second-order valence-electron chi connectivity index (χ2n) is 7.68. The van der Waals surface area contributed by atoms with Crippen LogP contribution < -0.4 is 5.73 Å². The van der Waals surface area contributed by atoms with E-state index >= 15 is 0 Å². The Bertz CT molecular complexity index is 236. The summed E-state index contributed by atoms with van der Waals surface area (Å²) in [6.45, 7) is 16.3. The molecule has 2 nitrogen and oxygen atoms in total. The first-order valence-electron chi connectivity index (χ1n) is 7.73. The molecule has 0 aromatic heterocycles. The van der Waals surface area contributed by atoms with Gasteiger partial charge in [-0.1, -0.05) is 41.0 Å². The normalized spacial score (nSPS) is 23.0. The van der Waals surface area contributed by atoms with Crippen molar-refractivity contribution in [1.82, 2.24) is 4.90 Å². The second-order valence-corrected chi connectivity index (χ2v) is 7.68. The Morgan fingerprint density at radius 2 is 1.67 bits per heavy atom. The van der Waals surface area contributed by atoms with Crippen LogP contribution in [0.3, 0.4) is 0 Å². The summed E-state index contributed by atoms with van der Waals surface area (Å²) < 4.78 is 0. The number of hydrogen-bond donors (Lipinski definition) is 1. The molecule has 0 radical (unpaired) electrons. The third-order valence-electron chi connectivity index (χ3n) is 4.76. The maximum atomic E-state index is 5.98. The Labute approximate surface area is 114 Å². The number of likely N-dealkylation sites (tertiary alicyclic amines) is 1. The number of nitrogens with two attached hydrogens (primary N) is 1. The van der Waals surface area contributed by atoms with E-state index in [-0.39, 0.29) is 0 Å². The predicted octanol–water partition coefficient (Wildman–Crippen LogP) is 3.51. The fraction of sp³-hybridized carbons (Fsp3) is 1.00. The van der Waals surface area contributed by atoms with Crippen LogP contribution in [0, 0.1) is 16.7 Å². The standard InChI is InChI=1S/C16H34N2/c1-6-9-16(5,12-17)13-18-10-7-14(8-11-18)15(2,3)4/h14H,6-13,17H2,1-5H3. The lowest BCUT2D eigenvalue weighted by Gasteiger charge is -2.42. The summed E-state index contributed by atoms with van der Waals surface area (Å²) >= 11 is 0. The SMILES string of the molecule is CCCC(C)(CN)CN1CCC(C(C)(C)C)CC1. The zero-order valence-electron chi connectivity index (χ0n) is 13.3. The Morgan fingerprint density at radius 3 is 2.06 bits per heavy atom. The van der Waals surface area contributed by atoms with Gasteiger partial charge < -0.3 is 10.6 Å². The molecule has 0 bridgehead atoms. The third kappa shape index (κ3) is 4.55. The van der Waals surface area contributed by atoms with E-state index in [9.17, 15) is 0 Å². The molecule has 1 atom stereocenters. The monoisotopic (exact) mass is 254 g/mol. The first-order valence-corrected chi connectivity index (χ1v) is 7.73. The van der Waals surface area contributed by atoms with Crippen LogP contribution in [0.5, 0.6) is 0 Å². The average Bonchev–Trinajstić information content (AvgIpc) is 2.29. The zero-order valence-corrected chi connectivity index (χ0v) is 13.3. The third-order valence-corrected chi connectivity index (χ3v) is 4.76. The fourth-order valence-corrected chi connectivity index (χ4v) is 3.35. The van der Waals surface area contributed by atoms with Gasteiger partial charge in [-0.05, 0) is 55.6 Å². The summed E-state index contributed by atoms with van der Waals surface area (Å²) in [5.41, 5.74) is 6.78. The zero-order chi connectivity index (χ0) is 13.8. The number of nitrogens with zero attached hydrogens (tertiary/aromatic N) is 1. The van der Waals surface area contributed by atoms with Gasteiger partial charge in [0.05, 0.1) is 0 Å². The van der Waals surface area contributed by atoms with E-state index in [1.54, 1.807) is 0 Å². The minimum atomic E-state index is 0.323. The van der Waals surface area contributed by atoms with Crippen molar-refractivity contribution in [3.63, 3.8) is 0 Å². The first-order chi connectivity index (χ1) is 8.30. The molecule has 1 fully saturated rings. The Kier molecular flexibility index (Phi) is 5.67. The highest BCUT2D eigenvalue weighted by atomic mass is 15.1. The molecule has 0 spiro atoms. The molecule has 0 amide bonds. The van der Waals surface area contributed by atoms with E-state index in [1.807, 2.05) is 0 Å². The van der Waals surface area contributed by atoms with Crippen molar-refractivity contribution in [2.45, 2.75) is 60.3 Å². The summed E-state index contributed by atoms with van der Waals surface area (Å²) in [4.78, 5) is 2.64. The maximum absolute atomic E-state index is 5.98. The van der Waals surface area contributed by atoms with Gasteiger partial charge in [0.15, 0.2) is 0 Å². The molecule has 0 aliphatic carbocycles. The van der Waals surface area contributed by atoms with Gasteiger partial charge in [-0.2, -0.15) is 0 Å². The summed E-state index contributed by atoms with van der Waals surface area (Å²) in [6, 6.07) is 0. The molecular weight excluding hydrogens is 220 g/mol. The van der Waals surface area contributed by atoms with Crippen LogP contribution >= 0.6 is 0 Å². The summed E-state index contributed by atoms with van der Waals surface area (Å²) in [5, 5.41) is 0. The molecule has 1 heterocycles. The number of piperidine rings is 1. The fourth-order valence-electron chi connectivity index (χ4n) is 3.35.